The highest BCUT2D eigenvalue weighted by atomic mass is 79.9. The molecule has 1 aromatic carbocycles. The third-order valence-electron chi connectivity index (χ3n) is 2.34. The van der Waals surface area contributed by atoms with Crippen molar-refractivity contribution >= 4 is 31.9 Å². The lowest BCUT2D eigenvalue weighted by Crippen LogP contribution is -1.93. The summed E-state index contributed by atoms with van der Waals surface area (Å²) in [7, 11) is 0. The first kappa shape index (κ1) is 13.5. The summed E-state index contributed by atoms with van der Waals surface area (Å²) in [6.07, 6.45) is 2.82. The maximum atomic E-state index is 9.53. The van der Waals surface area contributed by atoms with Crippen LogP contribution in [-0.4, -0.2) is 10.1 Å². The van der Waals surface area contributed by atoms with Gasteiger partial charge in [0.25, 0.3) is 0 Å². The molecule has 0 aliphatic rings. The maximum absolute atomic E-state index is 9.53. The predicted molar refractivity (Wildman–Crippen MR) is 76.8 cm³/mol. The van der Waals surface area contributed by atoms with Crippen LogP contribution >= 0.6 is 31.9 Å². The Balaban J connectivity index is 2.23. The lowest BCUT2D eigenvalue weighted by atomic mass is 10.1. The number of hydrogen-bond donors (Lipinski definition) is 1. The predicted octanol–water partition coefficient (Wildman–Crippen LogP) is 4.45. The van der Waals surface area contributed by atoms with Gasteiger partial charge in [-0.1, -0.05) is 22.0 Å². The fourth-order valence-electron chi connectivity index (χ4n) is 1.49. The van der Waals surface area contributed by atoms with E-state index in [4.69, 9.17) is 4.74 Å². The number of benzene rings is 1. The molecule has 94 valence electrons. The van der Waals surface area contributed by atoms with Crippen LogP contribution in [0.15, 0.2) is 45.6 Å². The molecule has 1 heterocycles. The maximum Gasteiger partial charge on any atom is 0.146 e. The quantitative estimate of drug-likeness (QED) is 0.865. The van der Waals surface area contributed by atoms with Crippen LogP contribution in [0, 0.1) is 0 Å². The number of aromatic nitrogens is 1. The highest BCUT2D eigenvalue weighted by Gasteiger charge is 2.07. The van der Waals surface area contributed by atoms with Crippen LogP contribution in [0.25, 0.3) is 0 Å². The zero-order valence-electron chi connectivity index (χ0n) is 9.60. The molecule has 0 saturated carbocycles. The molecule has 1 atom stereocenters. The van der Waals surface area contributed by atoms with Gasteiger partial charge in [0, 0.05) is 15.1 Å². The SMILES string of the molecule is C[C@@H](O)c1ccc(Oc2cncc(Br)c2)cc1Br. The highest BCUT2D eigenvalue weighted by molar-refractivity contribution is 9.10. The first-order valence-corrected chi connectivity index (χ1v) is 6.91. The normalized spacial score (nSPS) is 12.2. The molecule has 3 nitrogen and oxygen atoms in total. The number of aliphatic hydroxyl groups excluding tert-OH is 1. The van der Waals surface area contributed by atoms with Crippen LogP contribution in [0.4, 0.5) is 0 Å². The summed E-state index contributed by atoms with van der Waals surface area (Å²) in [5.41, 5.74) is 0.828. The van der Waals surface area contributed by atoms with Crippen molar-refractivity contribution in [1.82, 2.24) is 4.98 Å². The standard InChI is InChI=1S/C13H11Br2NO2/c1-8(17)12-3-2-10(5-13(12)15)18-11-4-9(14)6-16-7-11/h2-8,17H,1H3/t8-/m1/s1. The molecule has 18 heavy (non-hydrogen) atoms. The van der Waals surface area contributed by atoms with Crippen molar-refractivity contribution in [3.63, 3.8) is 0 Å². The van der Waals surface area contributed by atoms with E-state index in [9.17, 15) is 5.11 Å². The molecule has 0 fully saturated rings. The Hall–Kier alpha value is -0.910. The zero-order valence-corrected chi connectivity index (χ0v) is 12.8. The van der Waals surface area contributed by atoms with E-state index >= 15 is 0 Å². The Bertz CT molecular complexity index is 558. The lowest BCUT2D eigenvalue weighted by Gasteiger charge is -2.10. The topological polar surface area (TPSA) is 42.4 Å². The van der Waals surface area contributed by atoms with E-state index < -0.39 is 6.10 Å². The van der Waals surface area contributed by atoms with Crippen molar-refractivity contribution in [2.45, 2.75) is 13.0 Å². The minimum absolute atomic E-state index is 0.513. The van der Waals surface area contributed by atoms with E-state index in [1.165, 1.54) is 0 Å². The van der Waals surface area contributed by atoms with Gasteiger partial charge in [-0.25, -0.2) is 0 Å². The largest absolute Gasteiger partial charge is 0.456 e. The molecule has 5 heteroatoms. The van der Waals surface area contributed by atoms with E-state index in [2.05, 4.69) is 36.8 Å². The van der Waals surface area contributed by atoms with Crippen LogP contribution in [-0.2, 0) is 0 Å². The number of pyridine rings is 1. The van der Waals surface area contributed by atoms with Gasteiger partial charge in [-0.15, -0.1) is 0 Å². The third-order valence-corrected chi connectivity index (χ3v) is 3.46. The number of aliphatic hydroxyl groups is 1. The van der Waals surface area contributed by atoms with Crippen molar-refractivity contribution in [2.24, 2.45) is 0 Å². The molecule has 0 amide bonds. The van der Waals surface area contributed by atoms with Crippen molar-refractivity contribution in [2.75, 3.05) is 0 Å². The average Bonchev–Trinajstić information content (AvgIpc) is 2.28. The minimum atomic E-state index is -0.513. The summed E-state index contributed by atoms with van der Waals surface area (Å²) >= 11 is 6.75. The van der Waals surface area contributed by atoms with Crippen LogP contribution in [0.2, 0.25) is 0 Å². The van der Waals surface area contributed by atoms with Gasteiger partial charge in [-0.3, -0.25) is 4.98 Å². The van der Waals surface area contributed by atoms with Crippen molar-refractivity contribution < 1.29 is 9.84 Å². The van der Waals surface area contributed by atoms with Gasteiger partial charge in [0.1, 0.15) is 11.5 Å². The molecular formula is C13H11Br2NO2. The fraction of sp³-hybridized carbons (Fsp3) is 0.154. The van der Waals surface area contributed by atoms with E-state index in [0.29, 0.717) is 11.5 Å². The first-order valence-electron chi connectivity index (χ1n) is 5.32. The smallest absolute Gasteiger partial charge is 0.146 e. The lowest BCUT2D eigenvalue weighted by molar-refractivity contribution is 0.198. The van der Waals surface area contributed by atoms with Crippen LogP contribution < -0.4 is 4.74 Å². The van der Waals surface area contributed by atoms with Gasteiger partial charge in [-0.2, -0.15) is 0 Å². The van der Waals surface area contributed by atoms with Crippen LogP contribution in [0.5, 0.6) is 11.5 Å². The van der Waals surface area contributed by atoms with Gasteiger partial charge in [-0.05, 0) is 46.6 Å². The molecule has 1 N–H and O–H groups in total. The van der Waals surface area contributed by atoms with Gasteiger partial charge in [0.05, 0.1) is 12.3 Å². The van der Waals surface area contributed by atoms with Gasteiger partial charge in [0.15, 0.2) is 0 Å². The molecule has 1 aromatic heterocycles. The minimum Gasteiger partial charge on any atom is -0.456 e. The summed E-state index contributed by atoms with van der Waals surface area (Å²) in [6.45, 7) is 1.72. The van der Waals surface area contributed by atoms with E-state index in [-0.39, 0.29) is 0 Å². The molecule has 0 spiro atoms. The van der Waals surface area contributed by atoms with Crippen LogP contribution in [0.3, 0.4) is 0 Å². The molecule has 0 aliphatic carbocycles. The van der Waals surface area contributed by atoms with Crippen molar-refractivity contribution in [3.8, 4) is 11.5 Å². The zero-order chi connectivity index (χ0) is 13.1. The molecule has 2 aromatic rings. The second-order valence-electron chi connectivity index (χ2n) is 3.80. The molecule has 0 unspecified atom stereocenters. The average molecular weight is 373 g/mol. The van der Waals surface area contributed by atoms with E-state index in [1.807, 2.05) is 24.3 Å². The fourth-order valence-corrected chi connectivity index (χ4v) is 2.53. The Kier molecular flexibility index (Phi) is 4.37. The summed E-state index contributed by atoms with van der Waals surface area (Å²) in [6, 6.07) is 7.30. The molecular weight excluding hydrogens is 362 g/mol. The molecule has 0 aliphatic heterocycles. The first-order chi connectivity index (χ1) is 8.56. The Morgan fingerprint density at radius 1 is 1.17 bits per heavy atom. The summed E-state index contributed by atoms with van der Waals surface area (Å²) in [5.74, 6) is 1.34. The Morgan fingerprint density at radius 2 is 1.94 bits per heavy atom. The Labute approximate surface area is 122 Å². The summed E-state index contributed by atoms with van der Waals surface area (Å²) in [4.78, 5) is 4.02. The van der Waals surface area contributed by atoms with Gasteiger partial charge < -0.3 is 9.84 Å². The molecule has 2 rings (SSSR count). The number of hydrogen-bond acceptors (Lipinski definition) is 3. The number of nitrogens with zero attached hydrogens (tertiary/aromatic N) is 1. The number of ether oxygens (including phenoxy) is 1. The van der Waals surface area contributed by atoms with Gasteiger partial charge >= 0.3 is 0 Å². The third kappa shape index (κ3) is 3.31. The van der Waals surface area contributed by atoms with Crippen molar-refractivity contribution in [3.05, 3.63) is 51.2 Å². The Morgan fingerprint density at radius 3 is 2.56 bits per heavy atom. The highest BCUT2D eigenvalue weighted by Crippen LogP contribution is 2.30. The molecule has 0 bridgehead atoms. The van der Waals surface area contributed by atoms with Gasteiger partial charge in [0.2, 0.25) is 0 Å². The number of rotatable bonds is 3. The molecule has 0 saturated heterocycles. The monoisotopic (exact) mass is 371 g/mol. The number of halogens is 2. The van der Waals surface area contributed by atoms with Crippen LogP contribution in [0.1, 0.15) is 18.6 Å². The second-order valence-corrected chi connectivity index (χ2v) is 5.57. The van der Waals surface area contributed by atoms with Crippen molar-refractivity contribution in [1.29, 1.82) is 0 Å². The second kappa shape index (κ2) is 5.82. The van der Waals surface area contributed by atoms with E-state index in [1.54, 1.807) is 19.3 Å². The summed E-state index contributed by atoms with van der Waals surface area (Å²) in [5, 5.41) is 9.53. The van der Waals surface area contributed by atoms with E-state index in [0.717, 1.165) is 14.5 Å². The molecule has 0 radical (unpaired) electrons. The summed E-state index contributed by atoms with van der Waals surface area (Å²) < 4.78 is 7.35.